The number of amides is 1. The molecule has 1 amide bonds. The Balaban J connectivity index is 1.80. The first-order chi connectivity index (χ1) is 13.9. The fourth-order valence-corrected chi connectivity index (χ4v) is 4.24. The maximum Gasteiger partial charge on any atom is 0.244 e. The van der Waals surface area contributed by atoms with Crippen molar-refractivity contribution in [3.05, 3.63) is 60.3 Å². The zero-order chi connectivity index (χ0) is 20.9. The van der Waals surface area contributed by atoms with Crippen LogP contribution >= 0.6 is 0 Å². The molecular formula is C21H23N3O4S. The summed E-state index contributed by atoms with van der Waals surface area (Å²) in [7, 11) is -3.84. The van der Waals surface area contributed by atoms with Crippen LogP contribution in [0.15, 0.2) is 59.6 Å². The van der Waals surface area contributed by atoms with E-state index >= 15 is 0 Å². The van der Waals surface area contributed by atoms with E-state index in [-0.39, 0.29) is 23.1 Å². The Bertz CT molecular complexity index is 1120. The number of nitrogens with zero attached hydrogens (tertiary/aromatic N) is 1. The lowest BCUT2D eigenvalue weighted by Gasteiger charge is -2.14. The second-order valence-electron chi connectivity index (χ2n) is 6.42. The molecule has 0 aliphatic heterocycles. The Morgan fingerprint density at radius 2 is 1.93 bits per heavy atom. The quantitative estimate of drug-likeness (QED) is 0.591. The molecule has 0 radical (unpaired) electrons. The Kier molecular flexibility index (Phi) is 6.46. The lowest BCUT2D eigenvalue weighted by Crippen LogP contribution is -2.26. The number of hydrogen-bond donors (Lipinski definition) is 2. The van der Waals surface area contributed by atoms with Crippen LogP contribution in [-0.2, 0) is 21.2 Å². The predicted molar refractivity (Wildman–Crippen MR) is 113 cm³/mol. The van der Waals surface area contributed by atoms with Gasteiger partial charge in [0, 0.05) is 30.7 Å². The summed E-state index contributed by atoms with van der Waals surface area (Å²) in [6.07, 6.45) is 2.21. The molecule has 2 aromatic carbocycles. The van der Waals surface area contributed by atoms with E-state index < -0.39 is 10.0 Å². The van der Waals surface area contributed by atoms with E-state index in [9.17, 15) is 13.2 Å². The smallest absolute Gasteiger partial charge is 0.244 e. The lowest BCUT2D eigenvalue weighted by molar-refractivity contribution is -0.114. The zero-order valence-electron chi connectivity index (χ0n) is 16.3. The number of carbonyl (C=O) groups excluding carboxylic acids is 1. The maximum atomic E-state index is 12.9. The monoisotopic (exact) mass is 413 g/mol. The van der Waals surface area contributed by atoms with Gasteiger partial charge < -0.3 is 10.1 Å². The Morgan fingerprint density at radius 1 is 1.14 bits per heavy atom. The third kappa shape index (κ3) is 5.10. The first-order valence-electron chi connectivity index (χ1n) is 9.27. The number of pyridine rings is 1. The first-order valence-corrected chi connectivity index (χ1v) is 10.8. The second kappa shape index (κ2) is 9.02. The van der Waals surface area contributed by atoms with Gasteiger partial charge in [0.25, 0.3) is 0 Å². The number of anilines is 1. The van der Waals surface area contributed by atoms with Crippen molar-refractivity contribution >= 4 is 32.5 Å². The highest BCUT2D eigenvalue weighted by Gasteiger charge is 2.20. The molecule has 0 fully saturated rings. The summed E-state index contributed by atoms with van der Waals surface area (Å²) in [6.45, 7) is 3.66. The lowest BCUT2D eigenvalue weighted by atomic mass is 10.1. The number of benzene rings is 2. The van der Waals surface area contributed by atoms with Crippen LogP contribution in [0.3, 0.4) is 0 Å². The average molecular weight is 413 g/mol. The van der Waals surface area contributed by atoms with Gasteiger partial charge in [0.15, 0.2) is 0 Å². The minimum Gasteiger partial charge on any atom is -0.492 e. The SMILES string of the molecule is CCOc1ccc(NC(C)=O)cc1S(=O)(=O)NCCc1cccc2cccnc12. The van der Waals surface area contributed by atoms with Gasteiger partial charge in [-0.1, -0.05) is 24.3 Å². The summed E-state index contributed by atoms with van der Waals surface area (Å²) in [6, 6.07) is 14.2. The van der Waals surface area contributed by atoms with Crippen molar-refractivity contribution in [1.82, 2.24) is 9.71 Å². The van der Waals surface area contributed by atoms with Crippen molar-refractivity contribution in [3.63, 3.8) is 0 Å². The van der Waals surface area contributed by atoms with Gasteiger partial charge in [-0.3, -0.25) is 9.78 Å². The highest BCUT2D eigenvalue weighted by molar-refractivity contribution is 7.89. The van der Waals surface area contributed by atoms with E-state index in [2.05, 4.69) is 15.0 Å². The van der Waals surface area contributed by atoms with E-state index in [4.69, 9.17) is 4.74 Å². The average Bonchev–Trinajstić information content (AvgIpc) is 2.69. The van der Waals surface area contributed by atoms with Crippen LogP contribution in [0.25, 0.3) is 10.9 Å². The minimum atomic E-state index is -3.84. The van der Waals surface area contributed by atoms with Crippen LogP contribution in [0.2, 0.25) is 0 Å². The summed E-state index contributed by atoms with van der Waals surface area (Å²) in [5.74, 6) is -0.0464. The molecule has 29 heavy (non-hydrogen) atoms. The van der Waals surface area contributed by atoms with E-state index in [1.165, 1.54) is 19.1 Å². The molecule has 7 nitrogen and oxygen atoms in total. The topological polar surface area (TPSA) is 97.4 Å². The number of para-hydroxylation sites is 1. The van der Waals surface area contributed by atoms with Crippen molar-refractivity contribution in [3.8, 4) is 5.75 Å². The molecule has 0 saturated carbocycles. The van der Waals surface area contributed by atoms with E-state index in [0.717, 1.165) is 16.5 Å². The van der Waals surface area contributed by atoms with Crippen molar-refractivity contribution in [2.24, 2.45) is 0 Å². The van der Waals surface area contributed by atoms with Gasteiger partial charge in [-0.05, 0) is 43.2 Å². The number of fused-ring (bicyclic) bond motifs is 1. The zero-order valence-corrected chi connectivity index (χ0v) is 17.1. The molecule has 3 rings (SSSR count). The number of carbonyl (C=O) groups is 1. The fourth-order valence-electron chi connectivity index (χ4n) is 3.04. The molecule has 152 valence electrons. The Hall–Kier alpha value is -2.97. The fraction of sp³-hybridized carbons (Fsp3) is 0.238. The van der Waals surface area contributed by atoms with Gasteiger partial charge >= 0.3 is 0 Å². The van der Waals surface area contributed by atoms with Crippen molar-refractivity contribution in [2.75, 3.05) is 18.5 Å². The molecule has 1 aromatic heterocycles. The predicted octanol–water partition coefficient (Wildman–Crippen LogP) is 3.11. The number of rotatable bonds is 8. The van der Waals surface area contributed by atoms with Gasteiger partial charge in [0.1, 0.15) is 10.6 Å². The van der Waals surface area contributed by atoms with Crippen LogP contribution in [0.5, 0.6) is 5.75 Å². The second-order valence-corrected chi connectivity index (χ2v) is 8.15. The maximum absolute atomic E-state index is 12.9. The Morgan fingerprint density at radius 3 is 2.69 bits per heavy atom. The van der Waals surface area contributed by atoms with Crippen LogP contribution in [-0.4, -0.2) is 32.5 Å². The van der Waals surface area contributed by atoms with E-state index in [1.807, 2.05) is 30.3 Å². The summed E-state index contributed by atoms with van der Waals surface area (Å²) >= 11 is 0. The molecule has 2 N–H and O–H groups in total. The van der Waals surface area contributed by atoms with Gasteiger partial charge in [-0.15, -0.1) is 0 Å². The summed E-state index contributed by atoms with van der Waals surface area (Å²) in [5, 5.41) is 3.60. The van der Waals surface area contributed by atoms with Gasteiger partial charge in [0.05, 0.1) is 12.1 Å². The van der Waals surface area contributed by atoms with Crippen LogP contribution < -0.4 is 14.8 Å². The van der Waals surface area contributed by atoms with Crippen molar-refractivity contribution in [2.45, 2.75) is 25.2 Å². The van der Waals surface area contributed by atoms with Gasteiger partial charge in [-0.2, -0.15) is 0 Å². The number of nitrogens with one attached hydrogen (secondary N) is 2. The summed E-state index contributed by atoms with van der Waals surface area (Å²) in [4.78, 5) is 15.7. The van der Waals surface area contributed by atoms with E-state index in [1.54, 1.807) is 19.2 Å². The molecule has 0 atom stereocenters. The Labute approximate surface area is 170 Å². The number of hydrogen-bond acceptors (Lipinski definition) is 5. The standard InChI is InChI=1S/C21H23N3O4S/c1-3-28-19-10-9-18(24-15(2)25)14-20(19)29(26,27)23-13-11-17-7-4-6-16-8-5-12-22-21(16)17/h4-10,12,14,23H,3,11,13H2,1-2H3,(H,24,25). The molecule has 0 aliphatic carbocycles. The summed E-state index contributed by atoms with van der Waals surface area (Å²) < 4.78 is 33.9. The van der Waals surface area contributed by atoms with Gasteiger partial charge in [0.2, 0.25) is 15.9 Å². The molecule has 1 heterocycles. The molecule has 0 saturated heterocycles. The molecule has 0 unspecified atom stereocenters. The summed E-state index contributed by atoms with van der Waals surface area (Å²) in [5.41, 5.74) is 2.21. The number of aromatic nitrogens is 1. The highest BCUT2D eigenvalue weighted by Crippen LogP contribution is 2.27. The number of ether oxygens (including phenoxy) is 1. The minimum absolute atomic E-state index is 0.0124. The van der Waals surface area contributed by atoms with Crippen molar-refractivity contribution < 1.29 is 17.9 Å². The molecule has 0 spiro atoms. The van der Waals surface area contributed by atoms with Crippen LogP contribution in [0.4, 0.5) is 5.69 Å². The van der Waals surface area contributed by atoms with Crippen LogP contribution in [0, 0.1) is 0 Å². The highest BCUT2D eigenvalue weighted by atomic mass is 32.2. The molecule has 0 bridgehead atoms. The molecule has 0 aliphatic rings. The third-order valence-electron chi connectivity index (χ3n) is 4.26. The third-order valence-corrected chi connectivity index (χ3v) is 5.74. The van der Waals surface area contributed by atoms with E-state index in [0.29, 0.717) is 18.7 Å². The largest absolute Gasteiger partial charge is 0.492 e. The van der Waals surface area contributed by atoms with Gasteiger partial charge in [-0.25, -0.2) is 13.1 Å². The molecular weight excluding hydrogens is 390 g/mol. The first kappa shape index (κ1) is 20.8. The molecule has 8 heteroatoms. The normalized spacial score (nSPS) is 11.4. The van der Waals surface area contributed by atoms with Crippen molar-refractivity contribution in [1.29, 1.82) is 0 Å². The molecule has 3 aromatic rings. The number of sulfonamides is 1. The van der Waals surface area contributed by atoms with Crippen LogP contribution in [0.1, 0.15) is 19.4 Å².